The fourth-order valence-electron chi connectivity index (χ4n) is 0.873. The molecule has 0 radical (unpaired) electrons. The molecule has 0 aliphatic heterocycles. The number of aliphatic hydroxyl groups is 1. The van der Waals surface area contributed by atoms with Crippen molar-refractivity contribution in [1.29, 1.82) is 0 Å². The van der Waals surface area contributed by atoms with Gasteiger partial charge < -0.3 is 5.11 Å². The van der Waals surface area contributed by atoms with E-state index in [0.717, 1.165) is 12.8 Å². The zero-order valence-electron chi connectivity index (χ0n) is 8.06. The van der Waals surface area contributed by atoms with Gasteiger partial charge in [-0.25, -0.2) is 0 Å². The highest BCUT2D eigenvalue weighted by Gasteiger charge is 2.19. The number of hydrogen-bond donors (Lipinski definition) is 1. The largest absolute Gasteiger partial charge is 0.396 e. The van der Waals surface area contributed by atoms with Crippen LogP contribution >= 0.6 is 0 Å². The van der Waals surface area contributed by atoms with E-state index in [1.54, 1.807) is 0 Å². The third kappa shape index (κ3) is 6.24. The normalized spacial score (nSPS) is 11.6. The Bertz CT molecular complexity index is 86.9. The maximum absolute atomic E-state index is 8.53. The van der Waals surface area contributed by atoms with Crippen molar-refractivity contribution in [2.75, 3.05) is 6.61 Å². The van der Waals surface area contributed by atoms with Crippen molar-refractivity contribution in [3.8, 4) is 0 Å². The minimum absolute atomic E-state index is 0.322. The Hall–Kier alpha value is -0.170. The highest BCUT2D eigenvalue weighted by Crippen LogP contribution is 2.26. The molecule has 1 heteroatoms. The van der Waals surface area contributed by atoms with Crippen LogP contribution in [0.3, 0.4) is 0 Å². The van der Waals surface area contributed by atoms with Crippen molar-refractivity contribution in [1.82, 2.24) is 0 Å². The molecular weight excluding hydrogens is 136 g/mol. The van der Waals surface area contributed by atoms with E-state index in [4.69, 9.17) is 5.11 Å². The Morgan fingerprint density at radius 2 is 2.00 bits per heavy atom. The van der Waals surface area contributed by atoms with Crippen molar-refractivity contribution < 1.29 is 5.11 Å². The van der Waals surface area contributed by atoms with E-state index in [-0.39, 0.29) is 0 Å². The smallest absolute Gasteiger partial charge is 0.0926 e. The molecule has 0 rings (SSSR count). The molecule has 0 heterocycles. The summed E-state index contributed by atoms with van der Waals surface area (Å²) in [7, 11) is 0. The molecule has 0 aliphatic carbocycles. The molecule has 0 atom stereocenters. The molecule has 0 aliphatic rings. The third-order valence-electron chi connectivity index (χ3n) is 2.22. The van der Waals surface area contributed by atoms with E-state index < -0.39 is 0 Å². The van der Waals surface area contributed by atoms with E-state index >= 15 is 0 Å². The zero-order valence-corrected chi connectivity index (χ0v) is 8.06. The van der Waals surface area contributed by atoms with Gasteiger partial charge in [0, 0.05) is 18.4 Å². The first kappa shape index (κ1) is 10.8. The Balaban J connectivity index is 3.23. The van der Waals surface area contributed by atoms with Crippen molar-refractivity contribution in [3.05, 3.63) is 6.42 Å². The van der Waals surface area contributed by atoms with Gasteiger partial charge in [0.15, 0.2) is 0 Å². The van der Waals surface area contributed by atoms with Gasteiger partial charge in [0.25, 0.3) is 0 Å². The van der Waals surface area contributed by atoms with Gasteiger partial charge in [-0.1, -0.05) is 20.8 Å². The average Bonchev–Trinajstić information content (AvgIpc) is 1.99. The van der Waals surface area contributed by atoms with Crippen molar-refractivity contribution in [3.63, 3.8) is 0 Å². The summed E-state index contributed by atoms with van der Waals surface area (Å²) in [5, 5.41) is 8.53. The molecule has 0 bridgehead atoms. The van der Waals surface area contributed by atoms with E-state index in [1.807, 2.05) is 0 Å². The van der Waals surface area contributed by atoms with E-state index in [1.165, 1.54) is 12.8 Å². The second-order valence-electron chi connectivity index (χ2n) is 3.88. The summed E-state index contributed by atoms with van der Waals surface area (Å²) in [5.41, 5.74) is 0.454. The topological polar surface area (TPSA) is 20.2 Å². The van der Waals surface area contributed by atoms with E-state index in [0.29, 0.717) is 12.0 Å². The second kappa shape index (κ2) is 5.48. The van der Waals surface area contributed by atoms with Crippen molar-refractivity contribution in [2.24, 2.45) is 5.41 Å². The first-order valence-corrected chi connectivity index (χ1v) is 4.55. The molecule has 0 unspecified atom stereocenters. The molecule has 1 N–H and O–H groups in total. The lowest BCUT2D eigenvalue weighted by Gasteiger charge is -2.16. The average molecular weight is 157 g/mol. The Kier molecular flexibility index (Phi) is 5.39. The van der Waals surface area contributed by atoms with Gasteiger partial charge in [0.1, 0.15) is 0 Å². The summed E-state index contributed by atoms with van der Waals surface area (Å²) in [6, 6.07) is 0. The van der Waals surface area contributed by atoms with Crippen LogP contribution in [0.5, 0.6) is 0 Å². The Morgan fingerprint density at radius 1 is 1.36 bits per heavy atom. The monoisotopic (exact) mass is 157 g/mol. The molecule has 0 aromatic rings. The standard InChI is InChI=1S/C10H21O/c1-4-10(2,3)8-6-5-7-9-11/h6,11H,4-5,7-9H2,1-3H3/q+1. The maximum Gasteiger partial charge on any atom is 0.0926 e. The highest BCUT2D eigenvalue weighted by molar-refractivity contribution is 4.76. The highest BCUT2D eigenvalue weighted by atomic mass is 16.2. The molecule has 0 fully saturated rings. The Labute approximate surface area is 70.8 Å². The third-order valence-corrected chi connectivity index (χ3v) is 2.22. The first-order valence-electron chi connectivity index (χ1n) is 4.55. The minimum Gasteiger partial charge on any atom is -0.396 e. The van der Waals surface area contributed by atoms with Crippen LogP contribution in [0.15, 0.2) is 0 Å². The van der Waals surface area contributed by atoms with E-state index in [9.17, 15) is 0 Å². The molecule has 0 amide bonds. The lowest BCUT2D eigenvalue weighted by molar-refractivity contribution is 0.283. The summed E-state index contributed by atoms with van der Waals surface area (Å²) in [4.78, 5) is 0. The quantitative estimate of drug-likeness (QED) is 0.464. The lowest BCUT2D eigenvalue weighted by Crippen LogP contribution is -2.09. The van der Waals surface area contributed by atoms with Crippen molar-refractivity contribution >= 4 is 0 Å². The fourth-order valence-corrected chi connectivity index (χ4v) is 0.873. The molecule has 66 valence electrons. The number of unbranched alkanes of at least 4 members (excludes halogenated alkanes) is 2. The fraction of sp³-hybridized carbons (Fsp3) is 0.900. The van der Waals surface area contributed by atoms with Gasteiger partial charge in [0.05, 0.1) is 19.3 Å². The molecule has 0 saturated heterocycles. The van der Waals surface area contributed by atoms with Gasteiger partial charge >= 0.3 is 0 Å². The van der Waals surface area contributed by atoms with Crippen LogP contribution in [0.25, 0.3) is 0 Å². The minimum atomic E-state index is 0.322. The summed E-state index contributed by atoms with van der Waals surface area (Å²) >= 11 is 0. The SMILES string of the molecule is CCC(C)(C)C[CH+]CCCO. The second-order valence-corrected chi connectivity index (χ2v) is 3.88. The molecular formula is C10H21O+. The number of aliphatic hydroxyl groups excluding tert-OH is 1. The molecule has 0 aromatic heterocycles. The van der Waals surface area contributed by atoms with Gasteiger partial charge in [-0.05, 0) is 6.42 Å². The van der Waals surface area contributed by atoms with Crippen LogP contribution in [0.4, 0.5) is 0 Å². The molecule has 1 nitrogen and oxygen atoms in total. The first-order chi connectivity index (χ1) is 5.12. The predicted octanol–water partition coefficient (Wildman–Crippen LogP) is 2.79. The number of rotatable bonds is 6. The predicted molar refractivity (Wildman–Crippen MR) is 49.3 cm³/mol. The van der Waals surface area contributed by atoms with Gasteiger partial charge in [-0.2, -0.15) is 0 Å². The van der Waals surface area contributed by atoms with Crippen LogP contribution in [-0.2, 0) is 0 Å². The maximum atomic E-state index is 8.53. The molecule has 0 saturated carbocycles. The van der Waals surface area contributed by atoms with Crippen LogP contribution in [0.2, 0.25) is 0 Å². The number of hydrogen-bond acceptors (Lipinski definition) is 1. The van der Waals surface area contributed by atoms with Crippen molar-refractivity contribution in [2.45, 2.75) is 46.5 Å². The Morgan fingerprint density at radius 3 is 2.45 bits per heavy atom. The van der Waals surface area contributed by atoms with Gasteiger partial charge in [-0.3, -0.25) is 0 Å². The summed E-state index contributed by atoms with van der Waals surface area (Å²) < 4.78 is 0. The molecule has 0 spiro atoms. The molecule has 0 aromatic carbocycles. The molecule has 11 heavy (non-hydrogen) atoms. The van der Waals surface area contributed by atoms with Crippen LogP contribution in [-0.4, -0.2) is 11.7 Å². The van der Waals surface area contributed by atoms with Crippen LogP contribution in [0.1, 0.15) is 46.5 Å². The van der Waals surface area contributed by atoms with Crippen LogP contribution in [0, 0.1) is 11.8 Å². The summed E-state index contributed by atoms with van der Waals surface area (Å²) in [6.07, 6.45) is 6.66. The summed E-state index contributed by atoms with van der Waals surface area (Å²) in [6.45, 7) is 7.10. The van der Waals surface area contributed by atoms with Gasteiger partial charge in [-0.15, -0.1) is 0 Å². The summed E-state index contributed by atoms with van der Waals surface area (Å²) in [5.74, 6) is 0. The lowest BCUT2D eigenvalue weighted by atomic mass is 9.84. The van der Waals surface area contributed by atoms with Crippen LogP contribution < -0.4 is 0 Å². The zero-order chi connectivity index (χ0) is 8.74. The van der Waals surface area contributed by atoms with E-state index in [2.05, 4.69) is 27.2 Å². The van der Waals surface area contributed by atoms with Gasteiger partial charge in [0.2, 0.25) is 0 Å².